The van der Waals surface area contributed by atoms with Gasteiger partial charge in [0.1, 0.15) is 5.69 Å². The minimum atomic E-state index is -0.160. The molecular weight excluding hydrogens is 290 g/mol. The number of nitrogens with zero attached hydrogens (tertiary/aromatic N) is 1. The first kappa shape index (κ1) is 14.7. The number of ether oxygens (including phenoxy) is 2. The van der Waals surface area contributed by atoms with Crippen LogP contribution in [0.2, 0.25) is 0 Å². The summed E-state index contributed by atoms with van der Waals surface area (Å²) in [6.45, 7) is 1.21. The van der Waals surface area contributed by atoms with E-state index in [1.165, 1.54) is 24.2 Å². The molecule has 0 unspecified atom stereocenters. The number of aromatic nitrogens is 1. The zero-order valence-electron chi connectivity index (χ0n) is 12.1. The van der Waals surface area contributed by atoms with Crippen molar-refractivity contribution in [1.29, 1.82) is 0 Å². The van der Waals surface area contributed by atoms with Crippen LogP contribution in [0.3, 0.4) is 0 Å². The molecule has 2 N–H and O–H groups in total. The molecule has 6 nitrogen and oxygen atoms in total. The minimum absolute atomic E-state index is 0.0385. The molecular formula is C14H21N3O3S. The van der Waals surface area contributed by atoms with Gasteiger partial charge in [-0.1, -0.05) is 0 Å². The Kier molecular flexibility index (Phi) is 4.72. The predicted octanol–water partition coefficient (Wildman–Crippen LogP) is 1.64. The number of nitrogens with one attached hydrogen (secondary N) is 2. The second-order valence-electron chi connectivity index (χ2n) is 5.54. The number of hydrogen-bond donors (Lipinski definition) is 2. The van der Waals surface area contributed by atoms with Crippen LogP contribution in [0.25, 0.3) is 0 Å². The molecule has 1 aliphatic carbocycles. The van der Waals surface area contributed by atoms with E-state index in [4.69, 9.17) is 9.47 Å². The van der Waals surface area contributed by atoms with Crippen molar-refractivity contribution in [3.63, 3.8) is 0 Å². The van der Waals surface area contributed by atoms with Crippen molar-refractivity contribution in [3.05, 3.63) is 11.1 Å². The first-order valence-electron chi connectivity index (χ1n) is 7.39. The molecule has 1 aliphatic heterocycles. The van der Waals surface area contributed by atoms with Crippen LogP contribution in [0.1, 0.15) is 36.2 Å². The summed E-state index contributed by atoms with van der Waals surface area (Å²) in [7, 11) is 1.63. The Morgan fingerprint density at radius 2 is 2.43 bits per heavy atom. The van der Waals surface area contributed by atoms with Crippen LogP contribution in [0.5, 0.6) is 0 Å². The molecule has 3 rings (SSSR count). The highest BCUT2D eigenvalue weighted by Gasteiger charge is 2.28. The van der Waals surface area contributed by atoms with Crippen LogP contribution < -0.4 is 10.6 Å². The zero-order chi connectivity index (χ0) is 14.7. The quantitative estimate of drug-likeness (QED) is 0.801. The number of amides is 1. The van der Waals surface area contributed by atoms with Crippen LogP contribution in [-0.2, 0) is 9.47 Å². The van der Waals surface area contributed by atoms with E-state index in [2.05, 4.69) is 15.6 Å². The summed E-state index contributed by atoms with van der Waals surface area (Å²) in [4.78, 5) is 16.6. The number of methoxy groups -OCH3 is 1. The van der Waals surface area contributed by atoms with Gasteiger partial charge in [-0.2, -0.15) is 0 Å². The van der Waals surface area contributed by atoms with E-state index in [-0.39, 0.29) is 18.1 Å². The first-order chi connectivity index (χ1) is 10.3. The Labute approximate surface area is 128 Å². The lowest BCUT2D eigenvalue weighted by atomic mass is 10.1. The molecule has 1 saturated heterocycles. The number of carbonyl (C=O) groups is 1. The highest BCUT2D eigenvalue weighted by atomic mass is 32.1. The van der Waals surface area contributed by atoms with Crippen molar-refractivity contribution in [3.8, 4) is 0 Å². The molecule has 7 heteroatoms. The summed E-state index contributed by atoms with van der Waals surface area (Å²) < 4.78 is 10.8. The average Bonchev–Trinajstić information content (AvgIpc) is 2.95. The van der Waals surface area contributed by atoms with Gasteiger partial charge in [0.25, 0.3) is 5.91 Å². The van der Waals surface area contributed by atoms with Crippen molar-refractivity contribution in [2.75, 3.05) is 25.6 Å². The maximum Gasteiger partial charge on any atom is 0.271 e. The lowest BCUT2D eigenvalue weighted by molar-refractivity contribution is 0.0402. The van der Waals surface area contributed by atoms with E-state index in [1.54, 1.807) is 12.5 Å². The molecule has 116 valence electrons. The summed E-state index contributed by atoms with van der Waals surface area (Å²) in [5, 5.41) is 8.90. The fourth-order valence-corrected chi connectivity index (χ4v) is 3.20. The van der Waals surface area contributed by atoms with Crippen molar-refractivity contribution >= 4 is 22.4 Å². The summed E-state index contributed by atoms with van der Waals surface area (Å²) in [6.07, 6.45) is 4.41. The SMILES string of the molecule is COC[C@H](NC(=O)c1csc(NC2CC2)n1)[C@H]1CCCO1. The molecule has 2 fully saturated rings. The summed E-state index contributed by atoms with van der Waals surface area (Å²) in [6, 6.07) is 0.423. The summed E-state index contributed by atoms with van der Waals surface area (Å²) in [5.41, 5.74) is 0.460. The second-order valence-corrected chi connectivity index (χ2v) is 6.40. The first-order valence-corrected chi connectivity index (χ1v) is 8.27. The topological polar surface area (TPSA) is 72.5 Å². The van der Waals surface area contributed by atoms with Gasteiger partial charge in [-0.05, 0) is 25.7 Å². The van der Waals surface area contributed by atoms with E-state index < -0.39 is 0 Å². The largest absolute Gasteiger partial charge is 0.382 e. The summed E-state index contributed by atoms with van der Waals surface area (Å²) in [5.74, 6) is -0.160. The van der Waals surface area contributed by atoms with E-state index in [9.17, 15) is 4.79 Å². The van der Waals surface area contributed by atoms with Crippen molar-refractivity contribution in [2.24, 2.45) is 0 Å². The molecule has 2 atom stereocenters. The third-order valence-electron chi connectivity index (χ3n) is 3.72. The number of anilines is 1. The molecule has 1 saturated carbocycles. The lowest BCUT2D eigenvalue weighted by Crippen LogP contribution is -2.46. The van der Waals surface area contributed by atoms with E-state index >= 15 is 0 Å². The highest BCUT2D eigenvalue weighted by Crippen LogP contribution is 2.26. The van der Waals surface area contributed by atoms with Gasteiger partial charge < -0.3 is 20.1 Å². The number of hydrogen-bond acceptors (Lipinski definition) is 6. The maximum atomic E-state index is 12.3. The average molecular weight is 311 g/mol. The van der Waals surface area contributed by atoms with Gasteiger partial charge in [0.15, 0.2) is 5.13 Å². The fourth-order valence-electron chi connectivity index (χ4n) is 2.43. The number of thiazole rings is 1. The molecule has 0 bridgehead atoms. The van der Waals surface area contributed by atoms with Crippen LogP contribution >= 0.6 is 11.3 Å². The van der Waals surface area contributed by atoms with Gasteiger partial charge in [0.05, 0.1) is 18.8 Å². The smallest absolute Gasteiger partial charge is 0.271 e. The van der Waals surface area contributed by atoms with E-state index in [0.29, 0.717) is 18.3 Å². The van der Waals surface area contributed by atoms with Crippen LogP contribution in [0, 0.1) is 0 Å². The minimum Gasteiger partial charge on any atom is -0.382 e. The third-order valence-corrected chi connectivity index (χ3v) is 4.49. The van der Waals surface area contributed by atoms with E-state index in [1.807, 2.05) is 0 Å². The Balaban J connectivity index is 1.58. The number of carbonyl (C=O) groups excluding carboxylic acids is 1. The molecule has 2 aliphatic rings. The Morgan fingerprint density at radius 3 is 3.10 bits per heavy atom. The monoisotopic (exact) mass is 311 g/mol. The molecule has 0 spiro atoms. The van der Waals surface area contributed by atoms with Crippen molar-refractivity contribution in [1.82, 2.24) is 10.3 Å². The van der Waals surface area contributed by atoms with Gasteiger partial charge in [0, 0.05) is 25.1 Å². The molecule has 21 heavy (non-hydrogen) atoms. The molecule has 1 amide bonds. The highest BCUT2D eigenvalue weighted by molar-refractivity contribution is 7.13. The van der Waals surface area contributed by atoms with Crippen molar-refractivity contribution in [2.45, 2.75) is 43.9 Å². The fraction of sp³-hybridized carbons (Fsp3) is 0.714. The van der Waals surface area contributed by atoms with E-state index in [0.717, 1.165) is 24.6 Å². The summed E-state index contributed by atoms with van der Waals surface area (Å²) >= 11 is 1.47. The van der Waals surface area contributed by atoms with Crippen molar-refractivity contribution < 1.29 is 14.3 Å². The van der Waals surface area contributed by atoms with Gasteiger partial charge in [-0.15, -0.1) is 11.3 Å². The predicted molar refractivity (Wildman–Crippen MR) is 80.9 cm³/mol. The maximum absolute atomic E-state index is 12.3. The normalized spacial score (nSPS) is 23.0. The van der Waals surface area contributed by atoms with Crippen LogP contribution in [-0.4, -0.2) is 49.4 Å². The Hall–Kier alpha value is -1.18. The third kappa shape index (κ3) is 3.93. The van der Waals surface area contributed by atoms with Crippen LogP contribution in [0.15, 0.2) is 5.38 Å². The Morgan fingerprint density at radius 1 is 1.57 bits per heavy atom. The standard InChI is InChI=1S/C14H21N3O3S/c1-19-7-10(12-3-2-6-20-12)16-13(18)11-8-21-14(17-11)15-9-4-5-9/h8-10,12H,2-7H2,1H3,(H,15,17)(H,16,18)/t10-,12+/m0/s1. The molecule has 1 aromatic rings. The number of rotatable bonds is 7. The Bertz CT molecular complexity index is 484. The molecule has 0 radical (unpaired) electrons. The second kappa shape index (κ2) is 6.72. The van der Waals surface area contributed by atoms with Gasteiger partial charge in [-0.3, -0.25) is 4.79 Å². The zero-order valence-corrected chi connectivity index (χ0v) is 12.9. The van der Waals surface area contributed by atoms with Gasteiger partial charge in [0.2, 0.25) is 0 Å². The van der Waals surface area contributed by atoms with Gasteiger partial charge in [-0.25, -0.2) is 4.98 Å². The molecule has 2 heterocycles. The van der Waals surface area contributed by atoms with Crippen LogP contribution in [0.4, 0.5) is 5.13 Å². The molecule has 0 aromatic carbocycles. The van der Waals surface area contributed by atoms with Gasteiger partial charge >= 0.3 is 0 Å². The lowest BCUT2D eigenvalue weighted by Gasteiger charge is -2.23. The molecule has 1 aromatic heterocycles.